The van der Waals surface area contributed by atoms with Crippen LogP contribution in [-0.2, 0) is 15.8 Å². The quantitative estimate of drug-likeness (QED) is 0.739. The largest absolute Gasteiger partial charge is 0.219 e. The summed E-state index contributed by atoms with van der Waals surface area (Å²) in [6, 6.07) is 10.4. The second-order valence-electron chi connectivity index (χ2n) is 4.02. The smallest absolute Gasteiger partial charge is 0.212 e. The average Bonchev–Trinajstić information content (AvgIpc) is 2.38. The van der Waals surface area contributed by atoms with Crippen molar-refractivity contribution in [1.29, 1.82) is 10.5 Å². The summed E-state index contributed by atoms with van der Waals surface area (Å²) in [5.74, 6) is -0.252. The molecule has 0 aliphatic heterocycles. The van der Waals surface area contributed by atoms with Gasteiger partial charge in [-0.25, -0.2) is 8.42 Å². The van der Waals surface area contributed by atoms with Gasteiger partial charge in [0, 0.05) is 6.54 Å². The maximum atomic E-state index is 12.2. The van der Waals surface area contributed by atoms with Crippen LogP contribution < -0.4 is 0 Å². The Balaban J connectivity index is 3.02. The number of hydrogen-bond acceptors (Lipinski definition) is 4. The third-order valence-corrected chi connectivity index (χ3v) is 4.36. The van der Waals surface area contributed by atoms with Gasteiger partial charge in [-0.3, -0.25) is 0 Å². The second kappa shape index (κ2) is 6.89. The molecule has 0 saturated carbocycles. The molecule has 0 N–H and O–H groups in total. The Hall–Kier alpha value is -1.89. The summed E-state index contributed by atoms with van der Waals surface area (Å²) in [7, 11) is -3.57. The minimum atomic E-state index is -3.57. The molecule has 1 aromatic carbocycles. The highest BCUT2D eigenvalue weighted by atomic mass is 32.2. The Kier molecular flexibility index (Phi) is 5.50. The van der Waals surface area contributed by atoms with Gasteiger partial charge in [0.25, 0.3) is 0 Å². The van der Waals surface area contributed by atoms with Gasteiger partial charge in [-0.05, 0) is 18.1 Å². The summed E-state index contributed by atoms with van der Waals surface area (Å²) in [6.45, 7) is 2.00. The van der Waals surface area contributed by atoms with E-state index in [9.17, 15) is 8.42 Å². The van der Waals surface area contributed by atoms with Crippen molar-refractivity contribution >= 4 is 10.0 Å². The van der Waals surface area contributed by atoms with Gasteiger partial charge in [-0.2, -0.15) is 14.8 Å². The van der Waals surface area contributed by atoms with E-state index in [1.54, 1.807) is 24.3 Å². The lowest BCUT2D eigenvalue weighted by atomic mass is 10.1. The Bertz CT molecular complexity index is 612. The van der Waals surface area contributed by atoms with Gasteiger partial charge < -0.3 is 0 Å². The standard InChI is InChI=1S/C13H15N3O2S/c1-2-8-16(9-7-14)19(17,18)11-13-6-4-3-5-12(13)10-15/h3-6H,2,8-9,11H2,1H3. The highest BCUT2D eigenvalue weighted by molar-refractivity contribution is 7.88. The molecule has 0 bridgehead atoms. The van der Waals surface area contributed by atoms with Gasteiger partial charge in [0.15, 0.2) is 0 Å². The van der Waals surface area contributed by atoms with Crippen molar-refractivity contribution in [3.8, 4) is 12.1 Å². The van der Waals surface area contributed by atoms with Crippen LogP contribution in [0.4, 0.5) is 0 Å². The van der Waals surface area contributed by atoms with Gasteiger partial charge in [0.1, 0.15) is 6.54 Å². The first-order chi connectivity index (χ1) is 9.05. The molecule has 0 aliphatic rings. The lowest BCUT2D eigenvalue weighted by Crippen LogP contribution is -2.33. The maximum absolute atomic E-state index is 12.2. The van der Waals surface area contributed by atoms with Gasteiger partial charge >= 0.3 is 0 Å². The summed E-state index contributed by atoms with van der Waals surface area (Å²) >= 11 is 0. The first kappa shape index (κ1) is 15.2. The number of benzene rings is 1. The summed E-state index contributed by atoms with van der Waals surface area (Å²) < 4.78 is 25.6. The molecule has 0 amide bonds. The third-order valence-electron chi connectivity index (χ3n) is 2.59. The summed E-state index contributed by atoms with van der Waals surface area (Å²) in [6.07, 6.45) is 0.640. The third kappa shape index (κ3) is 4.06. The molecule has 6 heteroatoms. The Morgan fingerprint density at radius 2 is 1.95 bits per heavy atom. The SMILES string of the molecule is CCCN(CC#N)S(=O)(=O)Cc1ccccc1C#N. The van der Waals surface area contributed by atoms with E-state index in [0.717, 1.165) is 4.31 Å². The van der Waals surface area contributed by atoms with Gasteiger partial charge in [-0.1, -0.05) is 25.1 Å². The Labute approximate surface area is 113 Å². The van der Waals surface area contributed by atoms with Crippen molar-refractivity contribution in [3.63, 3.8) is 0 Å². The van der Waals surface area contributed by atoms with Gasteiger partial charge in [0.05, 0.1) is 23.5 Å². The van der Waals surface area contributed by atoms with Crippen molar-refractivity contribution < 1.29 is 8.42 Å². The predicted octanol–water partition coefficient (Wildman–Crippen LogP) is 1.62. The molecule has 0 aliphatic carbocycles. The van der Waals surface area contributed by atoms with Crippen LogP contribution >= 0.6 is 0 Å². The lowest BCUT2D eigenvalue weighted by Gasteiger charge is -2.18. The molecule has 0 heterocycles. The number of rotatable bonds is 6. The highest BCUT2D eigenvalue weighted by Gasteiger charge is 2.22. The molecule has 19 heavy (non-hydrogen) atoms. The van der Waals surface area contributed by atoms with Crippen molar-refractivity contribution in [2.75, 3.05) is 13.1 Å². The summed E-state index contributed by atoms with van der Waals surface area (Å²) in [4.78, 5) is 0. The van der Waals surface area contributed by atoms with Crippen molar-refractivity contribution in [1.82, 2.24) is 4.31 Å². The van der Waals surface area contributed by atoms with Crippen LogP contribution in [0.2, 0.25) is 0 Å². The first-order valence-corrected chi connectivity index (χ1v) is 7.48. The van der Waals surface area contributed by atoms with Crippen molar-refractivity contribution in [2.45, 2.75) is 19.1 Å². The minimum Gasteiger partial charge on any atom is -0.212 e. The van der Waals surface area contributed by atoms with Crippen LogP contribution in [0.5, 0.6) is 0 Å². The highest BCUT2D eigenvalue weighted by Crippen LogP contribution is 2.14. The van der Waals surface area contributed by atoms with E-state index in [0.29, 0.717) is 24.1 Å². The fourth-order valence-corrected chi connectivity index (χ4v) is 3.23. The molecule has 0 fully saturated rings. The molecule has 0 unspecified atom stereocenters. The average molecular weight is 277 g/mol. The van der Waals surface area contributed by atoms with Crippen LogP contribution in [0.15, 0.2) is 24.3 Å². The van der Waals surface area contributed by atoms with E-state index in [4.69, 9.17) is 10.5 Å². The van der Waals surface area contributed by atoms with E-state index >= 15 is 0 Å². The monoisotopic (exact) mass is 277 g/mol. The minimum absolute atomic E-state index is 0.162. The normalized spacial score (nSPS) is 10.9. The number of nitriles is 2. The molecule has 0 saturated heterocycles. The predicted molar refractivity (Wildman–Crippen MR) is 71.3 cm³/mol. The molecule has 5 nitrogen and oxygen atoms in total. The van der Waals surface area contributed by atoms with E-state index in [2.05, 4.69) is 0 Å². The van der Waals surface area contributed by atoms with Crippen LogP contribution in [-0.4, -0.2) is 25.8 Å². The van der Waals surface area contributed by atoms with Crippen LogP contribution in [0.25, 0.3) is 0 Å². The molecule has 0 atom stereocenters. The topological polar surface area (TPSA) is 85.0 Å². The zero-order valence-corrected chi connectivity index (χ0v) is 11.5. The molecule has 1 rings (SSSR count). The van der Waals surface area contributed by atoms with Crippen molar-refractivity contribution in [2.24, 2.45) is 0 Å². The molecular weight excluding hydrogens is 262 g/mol. The molecule has 0 spiro atoms. The van der Waals surface area contributed by atoms with Gasteiger partial charge in [-0.15, -0.1) is 0 Å². The molecule has 1 aromatic rings. The fourth-order valence-electron chi connectivity index (χ4n) is 1.69. The van der Waals surface area contributed by atoms with Crippen LogP contribution in [0.3, 0.4) is 0 Å². The lowest BCUT2D eigenvalue weighted by molar-refractivity contribution is 0.443. The zero-order valence-electron chi connectivity index (χ0n) is 10.7. The van der Waals surface area contributed by atoms with E-state index in [1.807, 2.05) is 19.1 Å². The molecular formula is C13H15N3O2S. The Morgan fingerprint density at radius 3 is 2.53 bits per heavy atom. The molecule has 0 radical (unpaired) electrons. The van der Waals surface area contributed by atoms with Crippen LogP contribution in [0, 0.1) is 22.7 Å². The van der Waals surface area contributed by atoms with Gasteiger partial charge in [0.2, 0.25) is 10.0 Å². The zero-order chi connectivity index (χ0) is 14.3. The summed E-state index contributed by atoms with van der Waals surface area (Å²) in [5.41, 5.74) is 0.809. The van der Waals surface area contributed by atoms with Crippen molar-refractivity contribution in [3.05, 3.63) is 35.4 Å². The Morgan fingerprint density at radius 1 is 1.26 bits per heavy atom. The number of hydrogen-bond donors (Lipinski definition) is 0. The van der Waals surface area contributed by atoms with E-state index in [1.165, 1.54) is 0 Å². The number of sulfonamides is 1. The maximum Gasteiger partial charge on any atom is 0.219 e. The first-order valence-electron chi connectivity index (χ1n) is 5.88. The molecule has 100 valence electrons. The van der Waals surface area contributed by atoms with E-state index < -0.39 is 10.0 Å². The van der Waals surface area contributed by atoms with E-state index in [-0.39, 0.29) is 12.3 Å². The second-order valence-corrected chi connectivity index (χ2v) is 5.99. The molecule has 0 aromatic heterocycles. The summed E-state index contributed by atoms with van der Waals surface area (Å²) in [5, 5.41) is 17.6. The fraction of sp³-hybridized carbons (Fsp3) is 0.385. The van der Waals surface area contributed by atoms with Crippen LogP contribution in [0.1, 0.15) is 24.5 Å². The number of nitrogens with zero attached hydrogens (tertiary/aromatic N) is 3.